The molecule has 4 nitrogen and oxygen atoms in total. The molecule has 0 spiro atoms. The number of fused-ring (bicyclic) bond motifs is 1. The summed E-state index contributed by atoms with van der Waals surface area (Å²) >= 11 is 19.6. The highest BCUT2D eigenvalue weighted by atomic mass is 35.5. The summed E-state index contributed by atoms with van der Waals surface area (Å²) in [7, 11) is 0. The molecule has 0 saturated heterocycles. The van der Waals surface area contributed by atoms with Crippen molar-refractivity contribution < 1.29 is 4.79 Å². The van der Waals surface area contributed by atoms with Crippen LogP contribution in [0.3, 0.4) is 0 Å². The molecule has 2 aliphatic heterocycles. The number of amides is 2. The summed E-state index contributed by atoms with van der Waals surface area (Å²) in [6.07, 6.45) is 3.19. The van der Waals surface area contributed by atoms with Crippen molar-refractivity contribution in [2.24, 2.45) is 0 Å². The first-order valence-electron chi connectivity index (χ1n) is 10.4. The van der Waals surface area contributed by atoms with Crippen molar-refractivity contribution in [2.45, 2.75) is 13.0 Å². The highest BCUT2D eigenvalue weighted by Crippen LogP contribution is 2.45. The molecule has 0 radical (unpaired) electrons. The van der Waals surface area contributed by atoms with E-state index in [1.165, 1.54) is 5.57 Å². The minimum atomic E-state index is -0.273. The Hall–Kier alpha value is -2.50. The minimum Gasteiger partial charge on any atom is -0.333 e. The van der Waals surface area contributed by atoms with E-state index in [1.54, 1.807) is 23.1 Å². The lowest BCUT2D eigenvalue weighted by molar-refractivity contribution is 0.247. The number of nitrogens with one attached hydrogen (secondary N) is 2. The maximum atomic E-state index is 13.1. The average Bonchev–Trinajstić information content (AvgIpc) is 2.80. The van der Waals surface area contributed by atoms with Crippen molar-refractivity contribution in [1.29, 1.82) is 0 Å². The fourth-order valence-electron chi connectivity index (χ4n) is 4.29. The van der Waals surface area contributed by atoms with Crippen LogP contribution in [0.4, 0.5) is 16.2 Å². The number of carbonyl (C=O) groups is 1. The molecule has 0 atom stereocenters. The molecule has 2 heterocycles. The fourth-order valence-corrected chi connectivity index (χ4v) is 5.09. The van der Waals surface area contributed by atoms with Crippen LogP contribution in [0.1, 0.15) is 17.5 Å². The fraction of sp³-hybridized carbons (Fsp3) is 0.160. The van der Waals surface area contributed by atoms with Crippen LogP contribution in [0.25, 0.3) is 16.7 Å². The third-order valence-electron chi connectivity index (χ3n) is 5.81. The first-order chi connectivity index (χ1) is 15.5. The lowest BCUT2D eigenvalue weighted by atomic mass is 9.90. The molecule has 3 aromatic carbocycles. The molecule has 2 N–H and O–H groups in total. The predicted octanol–water partition coefficient (Wildman–Crippen LogP) is 7.05. The van der Waals surface area contributed by atoms with Crippen molar-refractivity contribution in [3.05, 3.63) is 86.9 Å². The molecule has 0 bridgehead atoms. The summed E-state index contributed by atoms with van der Waals surface area (Å²) in [5, 5.41) is 7.86. The minimum absolute atomic E-state index is 0.273. The van der Waals surface area contributed by atoms with Gasteiger partial charge in [0.2, 0.25) is 0 Å². The second-order valence-corrected chi connectivity index (χ2v) is 8.98. The van der Waals surface area contributed by atoms with E-state index >= 15 is 0 Å². The van der Waals surface area contributed by atoms with E-state index in [0.29, 0.717) is 27.3 Å². The zero-order valence-corrected chi connectivity index (χ0v) is 19.4. The molecule has 5 rings (SSSR count). The monoisotopic (exact) mass is 483 g/mol. The molecule has 0 unspecified atom stereocenters. The summed E-state index contributed by atoms with van der Waals surface area (Å²) < 4.78 is 0. The van der Waals surface area contributed by atoms with E-state index in [1.807, 2.05) is 30.3 Å². The number of halogens is 3. The lowest BCUT2D eigenvalue weighted by Gasteiger charge is -2.33. The number of nitrogens with zero attached hydrogens (tertiary/aromatic N) is 1. The first kappa shape index (κ1) is 21.4. The number of para-hydroxylation sites is 1. The van der Waals surface area contributed by atoms with Crippen LogP contribution in [0, 0.1) is 0 Å². The average molecular weight is 485 g/mol. The third-order valence-corrected chi connectivity index (χ3v) is 6.75. The van der Waals surface area contributed by atoms with Crippen LogP contribution < -0.4 is 15.5 Å². The van der Waals surface area contributed by atoms with Crippen molar-refractivity contribution >= 4 is 57.8 Å². The summed E-state index contributed by atoms with van der Waals surface area (Å²) in [5.41, 5.74) is 6.29. The summed E-state index contributed by atoms with van der Waals surface area (Å²) in [4.78, 5) is 14.7. The molecule has 3 aromatic rings. The number of carbonyl (C=O) groups excluding carboxylic acids is 1. The molecule has 0 aliphatic carbocycles. The molecule has 32 heavy (non-hydrogen) atoms. The van der Waals surface area contributed by atoms with E-state index in [0.717, 1.165) is 47.5 Å². The Labute approximate surface area is 201 Å². The van der Waals surface area contributed by atoms with Gasteiger partial charge in [-0.2, -0.15) is 0 Å². The smallest absolute Gasteiger partial charge is 0.326 e. The van der Waals surface area contributed by atoms with Gasteiger partial charge in [-0.1, -0.05) is 65.1 Å². The molecular weight excluding hydrogens is 465 g/mol. The number of benzene rings is 3. The SMILES string of the molecule is O=C1NCc2c(-c3ccccc3Cl)cc(C3=CCCNC3)cc2N1c1c(Cl)cccc1Cl. The van der Waals surface area contributed by atoms with Gasteiger partial charge in [0, 0.05) is 29.2 Å². The van der Waals surface area contributed by atoms with Crippen LogP contribution >= 0.6 is 34.8 Å². The Balaban J connectivity index is 1.80. The van der Waals surface area contributed by atoms with Gasteiger partial charge in [0.1, 0.15) is 0 Å². The Bertz CT molecular complexity index is 1230. The van der Waals surface area contributed by atoms with Gasteiger partial charge in [0.25, 0.3) is 0 Å². The maximum absolute atomic E-state index is 13.1. The molecule has 162 valence electrons. The number of hydrogen-bond acceptors (Lipinski definition) is 2. The summed E-state index contributed by atoms with van der Waals surface area (Å²) in [6.45, 7) is 2.10. The quantitative estimate of drug-likeness (QED) is 0.418. The highest BCUT2D eigenvalue weighted by molar-refractivity contribution is 6.40. The Morgan fingerprint density at radius 2 is 1.59 bits per heavy atom. The van der Waals surface area contributed by atoms with Crippen LogP contribution in [-0.4, -0.2) is 19.1 Å². The van der Waals surface area contributed by atoms with E-state index in [-0.39, 0.29) is 6.03 Å². The largest absolute Gasteiger partial charge is 0.333 e. The van der Waals surface area contributed by atoms with Crippen LogP contribution in [-0.2, 0) is 6.54 Å². The van der Waals surface area contributed by atoms with Crippen molar-refractivity contribution in [3.63, 3.8) is 0 Å². The van der Waals surface area contributed by atoms with E-state index in [4.69, 9.17) is 34.8 Å². The Morgan fingerprint density at radius 1 is 0.844 bits per heavy atom. The zero-order chi connectivity index (χ0) is 22.2. The number of hydrogen-bond donors (Lipinski definition) is 2. The molecule has 0 saturated carbocycles. The molecule has 7 heteroatoms. The van der Waals surface area contributed by atoms with Gasteiger partial charge in [-0.05, 0) is 60.0 Å². The van der Waals surface area contributed by atoms with Crippen LogP contribution in [0.15, 0.2) is 60.7 Å². The topological polar surface area (TPSA) is 44.4 Å². The van der Waals surface area contributed by atoms with Gasteiger partial charge in [-0.3, -0.25) is 4.90 Å². The van der Waals surface area contributed by atoms with E-state index < -0.39 is 0 Å². The molecule has 2 amide bonds. The van der Waals surface area contributed by atoms with Gasteiger partial charge in [-0.15, -0.1) is 0 Å². The van der Waals surface area contributed by atoms with Crippen LogP contribution in [0.2, 0.25) is 15.1 Å². The van der Waals surface area contributed by atoms with Gasteiger partial charge < -0.3 is 10.6 Å². The first-order valence-corrected chi connectivity index (χ1v) is 11.5. The number of rotatable bonds is 3. The van der Waals surface area contributed by atoms with Crippen LogP contribution in [0.5, 0.6) is 0 Å². The molecular formula is C25H20Cl3N3O. The summed E-state index contributed by atoms with van der Waals surface area (Å²) in [6, 6.07) is 16.9. The lowest BCUT2D eigenvalue weighted by Crippen LogP contribution is -2.41. The maximum Gasteiger partial charge on any atom is 0.326 e. The number of urea groups is 1. The molecule has 2 aliphatic rings. The van der Waals surface area contributed by atoms with E-state index in [2.05, 4.69) is 22.8 Å². The van der Waals surface area contributed by atoms with Crippen molar-refractivity contribution in [3.8, 4) is 11.1 Å². The molecule has 0 fully saturated rings. The van der Waals surface area contributed by atoms with Gasteiger partial charge >= 0.3 is 6.03 Å². The van der Waals surface area contributed by atoms with Gasteiger partial charge in [0.15, 0.2) is 0 Å². The summed E-state index contributed by atoms with van der Waals surface area (Å²) in [5.74, 6) is 0. The second kappa shape index (κ2) is 8.80. The third kappa shape index (κ3) is 3.78. The Kier molecular flexibility index (Phi) is 5.87. The second-order valence-electron chi connectivity index (χ2n) is 7.76. The Morgan fingerprint density at radius 3 is 2.31 bits per heavy atom. The van der Waals surface area contributed by atoms with E-state index in [9.17, 15) is 4.79 Å². The van der Waals surface area contributed by atoms with Gasteiger partial charge in [0.05, 0.1) is 21.4 Å². The highest BCUT2D eigenvalue weighted by Gasteiger charge is 2.31. The zero-order valence-electron chi connectivity index (χ0n) is 17.1. The van der Waals surface area contributed by atoms with Gasteiger partial charge in [-0.25, -0.2) is 4.79 Å². The van der Waals surface area contributed by atoms with Crippen molar-refractivity contribution in [2.75, 3.05) is 18.0 Å². The molecule has 0 aromatic heterocycles. The predicted molar refractivity (Wildman–Crippen MR) is 133 cm³/mol. The number of anilines is 2. The standard InChI is InChI=1S/C25H20Cl3N3O/c26-20-7-2-1-6-17(20)18-11-16(15-5-4-10-29-13-15)12-23-19(18)14-30-25(32)31(23)24-21(27)8-3-9-22(24)28/h1-3,5-9,11-12,29H,4,10,13-14H2,(H,30,32). The van der Waals surface area contributed by atoms with Crippen molar-refractivity contribution in [1.82, 2.24) is 10.6 Å². The normalized spacial score (nSPS) is 15.8.